The van der Waals surface area contributed by atoms with Crippen molar-refractivity contribution in [3.05, 3.63) is 23.9 Å². The summed E-state index contributed by atoms with van der Waals surface area (Å²) in [5.74, 6) is 0. The van der Waals surface area contributed by atoms with Crippen LogP contribution >= 0.6 is 0 Å². The molecule has 0 atom stereocenters. The van der Waals surface area contributed by atoms with Crippen molar-refractivity contribution < 1.29 is 0 Å². The van der Waals surface area contributed by atoms with Crippen LogP contribution in [0.1, 0.15) is 46.0 Å². The van der Waals surface area contributed by atoms with Crippen molar-refractivity contribution in [1.29, 1.82) is 0 Å². The molecule has 0 spiro atoms. The highest BCUT2D eigenvalue weighted by molar-refractivity contribution is 5.03. The van der Waals surface area contributed by atoms with Crippen LogP contribution in [-0.4, -0.2) is 0 Å². The molecule has 0 aliphatic rings. The van der Waals surface area contributed by atoms with Crippen LogP contribution in [0.25, 0.3) is 0 Å². The number of unbranched alkanes of at least 4 members (excludes halogenated alkanes) is 1. The standard InChI is InChI=1S/C11H21N/c1-4-6-7-11(5-2)9-8-10(3)12/h5H,3-4,6-9,12H2,1-2H3/b11-5-. The molecule has 0 saturated carbocycles. The second kappa shape index (κ2) is 6.96. The van der Waals surface area contributed by atoms with Gasteiger partial charge in [-0.1, -0.05) is 31.6 Å². The molecule has 12 heavy (non-hydrogen) atoms. The molecular weight excluding hydrogens is 146 g/mol. The summed E-state index contributed by atoms with van der Waals surface area (Å²) in [6.07, 6.45) is 8.01. The van der Waals surface area contributed by atoms with E-state index in [0.29, 0.717) is 0 Å². The predicted molar refractivity (Wildman–Crippen MR) is 55.8 cm³/mol. The molecule has 1 nitrogen and oxygen atoms in total. The lowest BCUT2D eigenvalue weighted by molar-refractivity contribution is 0.745. The Morgan fingerprint density at radius 1 is 1.33 bits per heavy atom. The van der Waals surface area contributed by atoms with Crippen LogP contribution in [0.15, 0.2) is 23.9 Å². The van der Waals surface area contributed by atoms with Crippen LogP contribution in [-0.2, 0) is 0 Å². The zero-order valence-electron chi connectivity index (χ0n) is 8.40. The average molecular weight is 167 g/mol. The molecule has 0 aromatic rings. The van der Waals surface area contributed by atoms with Gasteiger partial charge in [-0.2, -0.15) is 0 Å². The third-order valence-corrected chi connectivity index (χ3v) is 2.03. The van der Waals surface area contributed by atoms with Crippen LogP contribution in [0.2, 0.25) is 0 Å². The Balaban J connectivity index is 3.62. The second-order valence-electron chi connectivity index (χ2n) is 3.21. The zero-order chi connectivity index (χ0) is 9.40. The van der Waals surface area contributed by atoms with Crippen LogP contribution in [0.4, 0.5) is 0 Å². The largest absolute Gasteiger partial charge is 0.403 e. The number of hydrogen-bond donors (Lipinski definition) is 1. The third kappa shape index (κ3) is 6.02. The molecule has 0 aliphatic heterocycles. The van der Waals surface area contributed by atoms with Gasteiger partial charge in [0.2, 0.25) is 0 Å². The molecule has 1 heteroatoms. The SMILES string of the molecule is C=C(N)CC/C(=C\C)CCCC. The van der Waals surface area contributed by atoms with Crippen molar-refractivity contribution in [2.75, 3.05) is 0 Å². The van der Waals surface area contributed by atoms with Gasteiger partial charge in [0, 0.05) is 5.70 Å². The van der Waals surface area contributed by atoms with E-state index in [4.69, 9.17) is 5.73 Å². The summed E-state index contributed by atoms with van der Waals surface area (Å²) in [4.78, 5) is 0. The monoisotopic (exact) mass is 167 g/mol. The Labute approximate surface area is 76.3 Å². The first-order valence-corrected chi connectivity index (χ1v) is 4.78. The second-order valence-corrected chi connectivity index (χ2v) is 3.21. The molecule has 0 amide bonds. The lowest BCUT2D eigenvalue weighted by Crippen LogP contribution is -1.95. The molecule has 0 unspecified atom stereocenters. The first-order chi connectivity index (χ1) is 5.70. The summed E-state index contributed by atoms with van der Waals surface area (Å²) in [5, 5.41) is 0. The fraction of sp³-hybridized carbons (Fsp3) is 0.636. The Morgan fingerprint density at radius 3 is 2.42 bits per heavy atom. The minimum atomic E-state index is 0.797. The van der Waals surface area contributed by atoms with E-state index in [0.717, 1.165) is 18.5 Å². The summed E-state index contributed by atoms with van der Waals surface area (Å²) in [7, 11) is 0. The van der Waals surface area contributed by atoms with Crippen LogP contribution in [0, 0.1) is 0 Å². The minimum absolute atomic E-state index is 0.797. The summed E-state index contributed by atoms with van der Waals surface area (Å²) in [6.45, 7) is 8.01. The Kier molecular flexibility index (Phi) is 6.54. The fourth-order valence-electron chi connectivity index (χ4n) is 1.14. The number of allylic oxidation sites excluding steroid dienone is 3. The molecule has 0 radical (unpaired) electrons. The van der Waals surface area contributed by atoms with Crippen molar-refractivity contribution in [2.45, 2.75) is 46.0 Å². The van der Waals surface area contributed by atoms with E-state index < -0.39 is 0 Å². The highest BCUT2D eigenvalue weighted by atomic mass is 14.5. The van der Waals surface area contributed by atoms with Crippen LogP contribution < -0.4 is 5.73 Å². The minimum Gasteiger partial charge on any atom is -0.403 e. The number of hydrogen-bond acceptors (Lipinski definition) is 1. The van der Waals surface area contributed by atoms with Gasteiger partial charge in [-0.15, -0.1) is 0 Å². The average Bonchev–Trinajstić information content (AvgIpc) is 2.05. The van der Waals surface area contributed by atoms with Crippen molar-refractivity contribution in [3.63, 3.8) is 0 Å². The predicted octanol–water partition coefficient (Wildman–Crippen LogP) is 3.38. The third-order valence-electron chi connectivity index (χ3n) is 2.03. The number of rotatable bonds is 6. The normalized spacial score (nSPS) is 11.7. The van der Waals surface area contributed by atoms with Gasteiger partial charge in [0.15, 0.2) is 0 Å². The van der Waals surface area contributed by atoms with Crippen molar-refractivity contribution in [1.82, 2.24) is 0 Å². The lowest BCUT2D eigenvalue weighted by atomic mass is 10.0. The van der Waals surface area contributed by atoms with E-state index in [-0.39, 0.29) is 0 Å². The van der Waals surface area contributed by atoms with E-state index in [1.807, 2.05) is 0 Å². The maximum atomic E-state index is 5.50. The first-order valence-electron chi connectivity index (χ1n) is 4.78. The van der Waals surface area contributed by atoms with Gasteiger partial charge in [-0.3, -0.25) is 0 Å². The number of nitrogens with two attached hydrogens (primary N) is 1. The van der Waals surface area contributed by atoms with Gasteiger partial charge >= 0.3 is 0 Å². The molecule has 70 valence electrons. The van der Waals surface area contributed by atoms with E-state index in [2.05, 4.69) is 26.5 Å². The molecule has 0 aromatic carbocycles. The summed E-state index contributed by atoms with van der Waals surface area (Å²) in [5.41, 5.74) is 7.82. The quantitative estimate of drug-likeness (QED) is 0.603. The zero-order valence-corrected chi connectivity index (χ0v) is 8.40. The summed E-state index contributed by atoms with van der Waals surface area (Å²) < 4.78 is 0. The maximum Gasteiger partial charge on any atom is 0.00106 e. The first kappa shape index (κ1) is 11.3. The Bertz CT molecular complexity index is 156. The molecule has 0 rings (SSSR count). The van der Waals surface area contributed by atoms with E-state index in [1.165, 1.54) is 24.8 Å². The van der Waals surface area contributed by atoms with Crippen LogP contribution in [0.5, 0.6) is 0 Å². The van der Waals surface area contributed by atoms with Crippen LogP contribution in [0.3, 0.4) is 0 Å². The van der Waals surface area contributed by atoms with Gasteiger partial charge in [0.05, 0.1) is 0 Å². The highest BCUT2D eigenvalue weighted by Gasteiger charge is 1.96. The Hall–Kier alpha value is -0.720. The van der Waals surface area contributed by atoms with Gasteiger partial charge < -0.3 is 5.73 Å². The van der Waals surface area contributed by atoms with Crippen molar-refractivity contribution >= 4 is 0 Å². The van der Waals surface area contributed by atoms with Gasteiger partial charge in [0.25, 0.3) is 0 Å². The molecule has 0 aliphatic carbocycles. The van der Waals surface area contributed by atoms with Gasteiger partial charge in [-0.05, 0) is 32.6 Å². The maximum absolute atomic E-state index is 5.50. The summed E-state index contributed by atoms with van der Waals surface area (Å²) in [6, 6.07) is 0. The van der Waals surface area contributed by atoms with Gasteiger partial charge in [-0.25, -0.2) is 0 Å². The Morgan fingerprint density at radius 2 is 2.00 bits per heavy atom. The van der Waals surface area contributed by atoms with Crippen molar-refractivity contribution in [2.24, 2.45) is 5.73 Å². The molecule has 0 fully saturated rings. The molecular formula is C11H21N. The van der Waals surface area contributed by atoms with E-state index >= 15 is 0 Å². The summed E-state index contributed by atoms with van der Waals surface area (Å²) >= 11 is 0. The molecule has 0 saturated heterocycles. The lowest BCUT2D eigenvalue weighted by Gasteiger charge is -2.05. The van der Waals surface area contributed by atoms with E-state index in [9.17, 15) is 0 Å². The highest BCUT2D eigenvalue weighted by Crippen LogP contribution is 2.14. The topological polar surface area (TPSA) is 26.0 Å². The fourth-order valence-corrected chi connectivity index (χ4v) is 1.14. The van der Waals surface area contributed by atoms with E-state index in [1.54, 1.807) is 0 Å². The molecule has 0 aromatic heterocycles. The smallest absolute Gasteiger partial charge is 0.00106 e. The van der Waals surface area contributed by atoms with Crippen molar-refractivity contribution in [3.8, 4) is 0 Å². The molecule has 0 heterocycles. The van der Waals surface area contributed by atoms with Gasteiger partial charge in [0.1, 0.15) is 0 Å². The molecule has 2 N–H and O–H groups in total. The molecule has 0 bridgehead atoms.